The normalized spacial score (nSPS) is 14.0. The zero-order valence-electron chi connectivity index (χ0n) is 14.9. The molecule has 6 heteroatoms. The molecule has 138 valence electrons. The van der Waals surface area contributed by atoms with Gasteiger partial charge in [-0.1, -0.05) is 30.3 Å². The average Bonchev–Trinajstić information content (AvgIpc) is 2.74. The van der Waals surface area contributed by atoms with Gasteiger partial charge in [0.1, 0.15) is 0 Å². The molecule has 0 bridgehead atoms. The first-order chi connectivity index (χ1) is 13.7. The topological polar surface area (TPSA) is 80.3 Å². The third-order valence-corrected chi connectivity index (χ3v) is 4.23. The van der Waals surface area contributed by atoms with Crippen LogP contribution in [0.1, 0.15) is 21.5 Å². The summed E-state index contributed by atoms with van der Waals surface area (Å²) in [5, 5.41) is 5.64. The molecule has 0 spiro atoms. The highest BCUT2D eigenvalue weighted by Gasteiger charge is 2.21. The molecule has 28 heavy (non-hydrogen) atoms. The van der Waals surface area contributed by atoms with Gasteiger partial charge in [-0.05, 0) is 47.5 Å². The summed E-state index contributed by atoms with van der Waals surface area (Å²) in [7, 11) is 0. The van der Waals surface area contributed by atoms with E-state index in [9.17, 15) is 9.59 Å². The molecule has 0 fully saturated rings. The van der Waals surface area contributed by atoms with Crippen molar-refractivity contribution in [3.05, 3.63) is 95.5 Å². The number of para-hydroxylation sites is 2. The first-order valence-electron chi connectivity index (χ1n) is 8.76. The number of rotatable bonds is 4. The number of hydrogen-bond acceptors (Lipinski definition) is 4. The van der Waals surface area contributed by atoms with Crippen molar-refractivity contribution in [3.8, 4) is 5.75 Å². The molecule has 1 aliphatic rings. The lowest BCUT2D eigenvalue weighted by Crippen LogP contribution is -2.23. The Labute approximate surface area is 161 Å². The quantitative estimate of drug-likeness (QED) is 0.689. The van der Waals surface area contributed by atoms with Gasteiger partial charge < -0.3 is 15.4 Å². The Morgan fingerprint density at radius 1 is 1.07 bits per heavy atom. The maximum Gasteiger partial charge on any atom is 0.291 e. The number of benzene rings is 2. The number of pyridine rings is 1. The van der Waals surface area contributed by atoms with Gasteiger partial charge in [0, 0.05) is 24.5 Å². The van der Waals surface area contributed by atoms with E-state index in [1.54, 1.807) is 54.9 Å². The molecule has 2 N–H and O–H groups in total. The largest absolute Gasteiger partial charge is 0.449 e. The number of aromatic nitrogens is 1. The maximum atomic E-state index is 12.3. The summed E-state index contributed by atoms with van der Waals surface area (Å²) in [6.07, 6.45) is 5.04. The van der Waals surface area contributed by atoms with Crippen molar-refractivity contribution in [1.82, 2.24) is 10.3 Å². The van der Waals surface area contributed by atoms with Crippen LogP contribution in [0.2, 0.25) is 0 Å². The van der Waals surface area contributed by atoms with Crippen molar-refractivity contribution in [2.24, 2.45) is 0 Å². The molecule has 4 rings (SSSR count). The van der Waals surface area contributed by atoms with Crippen molar-refractivity contribution in [2.75, 3.05) is 5.32 Å². The van der Waals surface area contributed by atoms with Gasteiger partial charge in [-0.25, -0.2) is 0 Å². The molecule has 2 heterocycles. The number of carbonyl (C=O) groups is 2. The zero-order valence-corrected chi connectivity index (χ0v) is 14.9. The van der Waals surface area contributed by atoms with Gasteiger partial charge in [0.05, 0.1) is 5.69 Å². The Kier molecular flexibility index (Phi) is 4.84. The molecule has 0 saturated carbocycles. The second-order valence-corrected chi connectivity index (χ2v) is 6.23. The van der Waals surface area contributed by atoms with Crippen LogP contribution in [-0.2, 0) is 11.3 Å². The first kappa shape index (κ1) is 17.5. The Morgan fingerprint density at radius 2 is 1.89 bits per heavy atom. The minimum absolute atomic E-state index is 0.177. The van der Waals surface area contributed by atoms with E-state index in [4.69, 9.17) is 4.74 Å². The highest BCUT2D eigenvalue weighted by molar-refractivity contribution is 6.08. The fourth-order valence-electron chi connectivity index (χ4n) is 2.77. The van der Waals surface area contributed by atoms with Crippen LogP contribution in [0, 0.1) is 0 Å². The van der Waals surface area contributed by atoms with Crippen LogP contribution in [0.4, 0.5) is 5.69 Å². The lowest BCUT2D eigenvalue weighted by atomic mass is 10.1. The standard InChI is InChI=1S/C22H17N3O3/c26-21(24-14-16-4-3-11-23-13-16)17-9-7-15(8-10-17)12-20-22(27)25-18-5-1-2-6-19(18)28-20/h1-13H,14H2,(H,24,26)(H,25,27). The number of ether oxygens (including phenoxy) is 1. The Bertz CT molecular complexity index is 1040. The van der Waals surface area contributed by atoms with Gasteiger partial charge in [0.15, 0.2) is 11.5 Å². The molecule has 2 aromatic carbocycles. The smallest absolute Gasteiger partial charge is 0.291 e. The molecule has 3 aromatic rings. The summed E-state index contributed by atoms with van der Waals surface area (Å²) in [6, 6.07) is 17.9. The van der Waals surface area contributed by atoms with Crippen LogP contribution >= 0.6 is 0 Å². The van der Waals surface area contributed by atoms with Gasteiger partial charge >= 0.3 is 0 Å². The van der Waals surface area contributed by atoms with E-state index in [1.165, 1.54) is 0 Å². The average molecular weight is 371 g/mol. The van der Waals surface area contributed by atoms with Crippen LogP contribution in [0.3, 0.4) is 0 Å². The van der Waals surface area contributed by atoms with Crippen molar-refractivity contribution < 1.29 is 14.3 Å². The summed E-state index contributed by atoms with van der Waals surface area (Å²) in [5.41, 5.74) is 2.86. The van der Waals surface area contributed by atoms with Crippen LogP contribution in [0.5, 0.6) is 5.75 Å². The summed E-state index contributed by atoms with van der Waals surface area (Å²) in [5.74, 6) is 0.313. The fraction of sp³-hybridized carbons (Fsp3) is 0.0455. The van der Waals surface area contributed by atoms with Crippen LogP contribution in [0.25, 0.3) is 6.08 Å². The number of fused-ring (bicyclic) bond motifs is 1. The molecule has 0 unspecified atom stereocenters. The predicted molar refractivity (Wildman–Crippen MR) is 106 cm³/mol. The van der Waals surface area contributed by atoms with E-state index in [0.717, 1.165) is 11.1 Å². The van der Waals surface area contributed by atoms with E-state index < -0.39 is 0 Å². The van der Waals surface area contributed by atoms with Crippen LogP contribution < -0.4 is 15.4 Å². The van der Waals surface area contributed by atoms with Crippen molar-refractivity contribution in [2.45, 2.75) is 6.54 Å². The second-order valence-electron chi connectivity index (χ2n) is 6.23. The number of anilines is 1. The summed E-state index contributed by atoms with van der Waals surface area (Å²) < 4.78 is 5.68. The van der Waals surface area contributed by atoms with Gasteiger partial charge in [0.25, 0.3) is 11.8 Å². The van der Waals surface area contributed by atoms with Gasteiger partial charge in [-0.15, -0.1) is 0 Å². The van der Waals surface area contributed by atoms with Gasteiger partial charge in [-0.2, -0.15) is 0 Å². The fourth-order valence-corrected chi connectivity index (χ4v) is 2.77. The lowest BCUT2D eigenvalue weighted by Gasteiger charge is -2.19. The number of nitrogens with zero attached hydrogens (tertiary/aromatic N) is 1. The Hall–Kier alpha value is -3.93. The predicted octanol–water partition coefficient (Wildman–Crippen LogP) is 3.38. The van der Waals surface area contributed by atoms with Gasteiger partial charge in [0.2, 0.25) is 0 Å². The van der Waals surface area contributed by atoms with Crippen molar-refractivity contribution in [1.29, 1.82) is 0 Å². The molecular weight excluding hydrogens is 354 g/mol. The lowest BCUT2D eigenvalue weighted by molar-refractivity contribution is -0.115. The molecule has 0 aliphatic carbocycles. The number of hydrogen-bond donors (Lipinski definition) is 2. The molecule has 1 aromatic heterocycles. The SMILES string of the molecule is O=C1Nc2ccccc2OC1=Cc1ccc(C(=O)NCc2cccnc2)cc1. The highest BCUT2D eigenvalue weighted by atomic mass is 16.5. The first-order valence-corrected chi connectivity index (χ1v) is 8.76. The van der Waals surface area contributed by atoms with E-state index in [2.05, 4.69) is 15.6 Å². The third kappa shape index (κ3) is 3.91. The molecular formula is C22H17N3O3. The molecule has 0 saturated heterocycles. The van der Waals surface area contributed by atoms with E-state index in [1.807, 2.05) is 24.3 Å². The van der Waals surface area contributed by atoms with Crippen molar-refractivity contribution >= 4 is 23.6 Å². The number of amides is 2. The molecule has 0 atom stereocenters. The number of nitrogens with one attached hydrogen (secondary N) is 2. The van der Waals surface area contributed by atoms with Gasteiger partial charge in [-0.3, -0.25) is 14.6 Å². The minimum Gasteiger partial charge on any atom is -0.449 e. The molecule has 6 nitrogen and oxygen atoms in total. The highest BCUT2D eigenvalue weighted by Crippen LogP contribution is 2.30. The minimum atomic E-state index is -0.308. The maximum absolute atomic E-state index is 12.3. The second kappa shape index (κ2) is 7.75. The van der Waals surface area contributed by atoms with Crippen molar-refractivity contribution in [3.63, 3.8) is 0 Å². The van der Waals surface area contributed by atoms with E-state index in [-0.39, 0.29) is 17.6 Å². The Morgan fingerprint density at radius 3 is 2.68 bits per heavy atom. The van der Waals surface area contributed by atoms with Crippen LogP contribution in [0.15, 0.2) is 78.8 Å². The monoisotopic (exact) mass is 371 g/mol. The van der Waals surface area contributed by atoms with E-state index in [0.29, 0.717) is 23.5 Å². The molecule has 2 amide bonds. The van der Waals surface area contributed by atoms with Crippen LogP contribution in [-0.4, -0.2) is 16.8 Å². The molecule has 1 aliphatic heterocycles. The summed E-state index contributed by atoms with van der Waals surface area (Å²) >= 11 is 0. The zero-order chi connectivity index (χ0) is 19.3. The molecule has 0 radical (unpaired) electrons. The third-order valence-electron chi connectivity index (χ3n) is 4.23. The summed E-state index contributed by atoms with van der Waals surface area (Å²) in [6.45, 7) is 0.409. The summed E-state index contributed by atoms with van der Waals surface area (Å²) in [4.78, 5) is 28.5. The number of carbonyl (C=O) groups excluding carboxylic acids is 2. The Balaban J connectivity index is 1.44. The van der Waals surface area contributed by atoms with E-state index >= 15 is 0 Å².